The number of ether oxygens (including phenoxy) is 3. The van der Waals surface area contributed by atoms with Gasteiger partial charge in [-0.15, -0.1) is 39.5 Å². The lowest BCUT2D eigenvalue weighted by atomic mass is 9.70. The first-order valence-electron chi connectivity index (χ1n) is 31.5. The van der Waals surface area contributed by atoms with Crippen molar-refractivity contribution in [3.05, 3.63) is 237 Å². The molecule has 0 spiro atoms. The Labute approximate surface area is 499 Å². The van der Waals surface area contributed by atoms with Crippen molar-refractivity contribution >= 4 is 32.7 Å². The molecule has 16 rings (SSSR count). The minimum absolute atomic E-state index is 0.144. The van der Waals surface area contributed by atoms with Crippen LogP contribution in [0.2, 0.25) is 0 Å². The van der Waals surface area contributed by atoms with Crippen molar-refractivity contribution < 1.29 is 27.7 Å². The van der Waals surface area contributed by atoms with Gasteiger partial charge in [0.1, 0.15) is 56.1 Å². The third kappa shape index (κ3) is 10.4. The molecule has 9 aliphatic rings. The number of benzene rings is 4. The van der Waals surface area contributed by atoms with Crippen LogP contribution in [0.15, 0.2) is 204 Å². The van der Waals surface area contributed by atoms with E-state index in [2.05, 4.69) is 167 Å². The summed E-state index contributed by atoms with van der Waals surface area (Å²) in [7, 11) is 0. The normalized spacial score (nSPS) is 30.6. The Morgan fingerprint density at radius 1 is 0.417 bits per heavy atom. The number of pyridine rings is 3. The van der Waals surface area contributed by atoms with Crippen molar-refractivity contribution in [2.75, 3.05) is 59.1 Å². The standard InChI is InChI=1S/C75H87N6O3/c1-7-37-82-73(64-25-31-76-67-22-16-13-19-61(64)67)70-43-58-28-34-79(70,49-55(58)10-4)46-52-40-53(47-80-35-29-59(56(11-5)50-80)44-71(80)74(83-38-8-2)65-26-32-77-68-23-17-14-20-62(65)68)42-54(41-52)48-81-36-30-60(57(12-6)51-81)45-72(81)75(84-39-9-3)66-27-33-78-69-24-18-15-21-63(66)69/h7-27,31-33,40-42,55-60,70-75H,1-6,28-30,34-39,43-51H2/q+3/t55-,56-,57-,58-,59-,60-,70-,71-,72-,73+,74+,75+,79?,80?,81?/m0/s1. The maximum absolute atomic E-state index is 7.16. The lowest BCUT2D eigenvalue weighted by Crippen LogP contribution is -2.68. The number of hydrogen-bond donors (Lipinski definition) is 0. The van der Waals surface area contributed by atoms with Crippen molar-refractivity contribution in [2.45, 2.75) is 94.6 Å². The topological polar surface area (TPSA) is 66.4 Å². The number of fused-ring (bicyclic) bond motifs is 12. The maximum atomic E-state index is 7.16. The second-order valence-electron chi connectivity index (χ2n) is 26.1. The largest absolute Gasteiger partial charge is 0.363 e. The zero-order valence-corrected chi connectivity index (χ0v) is 49.4. The van der Waals surface area contributed by atoms with Crippen molar-refractivity contribution in [1.29, 1.82) is 0 Å². The Morgan fingerprint density at radius 2 is 0.714 bits per heavy atom. The molecule has 0 N–H and O–H groups in total. The molecule has 432 valence electrons. The molecule has 0 amide bonds. The van der Waals surface area contributed by atoms with Gasteiger partial charge in [0.05, 0.1) is 75.6 Å². The minimum Gasteiger partial charge on any atom is -0.363 e. The SMILES string of the molecule is C=CCO[C@H](c1ccnc2ccccc12)[C@@H]1C[C@@H]2CC[N+]1(Cc1cc(C[N+]34CC[C@@H](C[C@H]3[C@H](OCC=C)c3ccnc5ccccc35)[C@@H](C=C)C4)cc(C[N+]34CC[C@@H](C[C@H]3[C@H](OCC=C)c3ccnc5ccccc35)[C@@H](C=C)C4)c1)C[C@@H]2C=C. The number of quaternary nitrogens is 3. The summed E-state index contributed by atoms with van der Waals surface area (Å²) in [4.78, 5) is 14.6. The zero-order chi connectivity index (χ0) is 57.4. The van der Waals surface area contributed by atoms with E-state index in [1.54, 1.807) is 0 Å². The van der Waals surface area contributed by atoms with Gasteiger partial charge in [-0.2, -0.15) is 0 Å². The fraction of sp³-hybridized carbons (Fsp3) is 0.400. The number of aromatic nitrogens is 3. The summed E-state index contributed by atoms with van der Waals surface area (Å²) < 4.78 is 24.3. The van der Waals surface area contributed by atoms with Gasteiger partial charge in [-0.1, -0.05) is 91.1 Å². The predicted octanol–water partition coefficient (Wildman–Crippen LogP) is 14.9. The first-order chi connectivity index (χ1) is 41.2. The Morgan fingerprint density at radius 3 is 1.00 bits per heavy atom. The zero-order valence-electron chi connectivity index (χ0n) is 49.4. The van der Waals surface area contributed by atoms with E-state index in [9.17, 15) is 0 Å². The lowest BCUT2D eigenvalue weighted by Gasteiger charge is -2.59. The molecule has 84 heavy (non-hydrogen) atoms. The molecule has 15 atom stereocenters. The first-order valence-corrected chi connectivity index (χ1v) is 31.5. The number of para-hydroxylation sites is 3. The van der Waals surface area contributed by atoms with E-state index in [0.29, 0.717) is 55.3 Å². The quantitative estimate of drug-likeness (QED) is 0.0444. The number of hydrogen-bond acceptors (Lipinski definition) is 6. The van der Waals surface area contributed by atoms with E-state index in [4.69, 9.17) is 29.2 Å². The Hall–Kier alpha value is -6.69. The van der Waals surface area contributed by atoms with E-state index in [0.717, 1.165) is 108 Å². The van der Waals surface area contributed by atoms with Gasteiger partial charge >= 0.3 is 0 Å². The van der Waals surface area contributed by atoms with Crippen molar-refractivity contribution in [2.24, 2.45) is 35.5 Å². The molecule has 4 aromatic carbocycles. The van der Waals surface area contributed by atoms with Crippen LogP contribution in [-0.4, -0.2) is 106 Å². The summed E-state index contributed by atoms with van der Waals surface area (Å²) in [6, 6.07) is 41.1. The number of nitrogens with zero attached hydrogens (tertiary/aromatic N) is 6. The van der Waals surface area contributed by atoms with E-state index in [1.807, 2.05) is 36.8 Å². The van der Waals surface area contributed by atoms with Crippen molar-refractivity contribution in [3.63, 3.8) is 0 Å². The molecule has 6 bridgehead atoms. The van der Waals surface area contributed by atoms with E-state index < -0.39 is 0 Å². The van der Waals surface area contributed by atoms with Crippen LogP contribution >= 0.6 is 0 Å². The molecular formula is C75H87N6O3+3. The van der Waals surface area contributed by atoms with E-state index in [-0.39, 0.29) is 36.4 Å². The van der Waals surface area contributed by atoms with Gasteiger partial charge in [0.15, 0.2) is 0 Å². The van der Waals surface area contributed by atoms with Crippen molar-refractivity contribution in [1.82, 2.24) is 15.0 Å². The average molecular weight is 1120 g/mol. The molecule has 9 fully saturated rings. The molecular weight excluding hydrogens is 1030 g/mol. The average Bonchev–Trinajstić information content (AvgIpc) is 2.16. The van der Waals surface area contributed by atoms with Crippen LogP contribution in [-0.2, 0) is 33.8 Å². The van der Waals surface area contributed by atoms with Crippen molar-refractivity contribution in [3.8, 4) is 0 Å². The van der Waals surface area contributed by atoms with Gasteiger partial charge < -0.3 is 27.7 Å². The highest BCUT2D eigenvalue weighted by atomic mass is 16.5. The van der Waals surface area contributed by atoms with Gasteiger partial charge in [0.2, 0.25) is 0 Å². The summed E-state index contributed by atoms with van der Waals surface area (Å²) >= 11 is 0. The Kier molecular flexibility index (Phi) is 16.1. The van der Waals surface area contributed by atoms with Crippen LogP contribution in [0.4, 0.5) is 0 Å². The van der Waals surface area contributed by atoms with Crippen LogP contribution in [0.3, 0.4) is 0 Å². The van der Waals surface area contributed by atoms with Gasteiger partial charge in [0.25, 0.3) is 0 Å². The molecule has 9 heteroatoms. The van der Waals surface area contributed by atoms with Gasteiger partial charge in [-0.25, -0.2) is 0 Å². The Balaban J connectivity index is 0.963. The molecule has 7 aromatic rings. The predicted molar refractivity (Wildman–Crippen MR) is 340 cm³/mol. The highest BCUT2D eigenvalue weighted by molar-refractivity contribution is 5.84. The fourth-order valence-electron chi connectivity index (χ4n) is 18.1. The summed E-state index contributed by atoms with van der Waals surface area (Å²) in [5.41, 5.74) is 11.0. The molecule has 12 heterocycles. The van der Waals surface area contributed by atoms with Gasteiger partial charge in [-0.3, -0.25) is 15.0 Å². The van der Waals surface area contributed by atoms with Gasteiger partial charge in [0, 0.05) is 108 Å². The van der Waals surface area contributed by atoms with Crippen LogP contribution in [0.1, 0.15) is 90.2 Å². The van der Waals surface area contributed by atoms with Crippen LogP contribution in [0, 0.1) is 35.5 Å². The lowest BCUT2D eigenvalue weighted by molar-refractivity contribution is -0.986. The second kappa shape index (κ2) is 24.0. The molecule has 3 aromatic heterocycles. The smallest absolute Gasteiger partial charge is 0.135 e. The molecule has 3 unspecified atom stereocenters. The summed E-state index contributed by atoms with van der Waals surface area (Å²) in [6.45, 7) is 36.7. The fourth-order valence-corrected chi connectivity index (χ4v) is 18.1. The highest BCUT2D eigenvalue weighted by Crippen LogP contribution is 2.53. The second-order valence-corrected chi connectivity index (χ2v) is 26.1. The first kappa shape index (κ1) is 56.4. The third-order valence-electron chi connectivity index (χ3n) is 21.8. The monoisotopic (exact) mass is 1120 g/mol. The highest BCUT2D eigenvalue weighted by Gasteiger charge is 2.58. The molecule has 0 saturated carbocycles. The molecule has 9 nitrogen and oxygen atoms in total. The Bertz CT molecular complexity index is 3200. The van der Waals surface area contributed by atoms with E-state index >= 15 is 0 Å². The summed E-state index contributed by atoms with van der Waals surface area (Å²) in [6.07, 6.45) is 24.9. The van der Waals surface area contributed by atoms with Gasteiger partial charge in [-0.05, 0) is 89.0 Å². The summed E-state index contributed by atoms with van der Waals surface area (Å²) in [5, 5.41) is 3.51. The minimum atomic E-state index is -0.144. The van der Waals surface area contributed by atoms with Crippen LogP contribution < -0.4 is 0 Å². The molecule has 0 radical (unpaired) electrons. The third-order valence-corrected chi connectivity index (χ3v) is 21.8. The van der Waals surface area contributed by atoms with Crippen LogP contribution in [0.25, 0.3) is 32.7 Å². The molecule has 0 aliphatic carbocycles. The maximum Gasteiger partial charge on any atom is 0.135 e. The number of piperidine rings is 9. The molecule has 9 aliphatic heterocycles. The van der Waals surface area contributed by atoms with E-state index in [1.165, 1.54) is 68.8 Å². The molecule has 9 saturated heterocycles. The number of rotatable bonds is 24. The summed E-state index contributed by atoms with van der Waals surface area (Å²) in [5.74, 6) is 2.94. The van der Waals surface area contributed by atoms with Crippen LogP contribution in [0.5, 0.6) is 0 Å².